The Labute approximate surface area is 151 Å². The molecule has 4 rings (SSSR count). The van der Waals surface area contributed by atoms with Gasteiger partial charge >= 0.3 is 5.97 Å². The van der Waals surface area contributed by atoms with E-state index in [1.54, 1.807) is 6.92 Å². The van der Waals surface area contributed by atoms with Crippen molar-refractivity contribution in [1.82, 2.24) is 0 Å². The largest absolute Gasteiger partial charge is 0.462 e. The van der Waals surface area contributed by atoms with Crippen molar-refractivity contribution in [1.29, 1.82) is 0 Å². The van der Waals surface area contributed by atoms with Crippen LogP contribution in [-0.4, -0.2) is 12.6 Å². The molecule has 130 valence electrons. The van der Waals surface area contributed by atoms with Crippen molar-refractivity contribution in [2.45, 2.75) is 13.5 Å². The van der Waals surface area contributed by atoms with E-state index in [1.165, 1.54) is 10.8 Å². The van der Waals surface area contributed by atoms with Crippen LogP contribution in [0.2, 0.25) is 0 Å². The molecule has 0 fully saturated rings. The number of ether oxygens (including phenoxy) is 1. The highest BCUT2D eigenvalue weighted by Crippen LogP contribution is 2.34. The summed E-state index contributed by atoms with van der Waals surface area (Å²) in [5.74, 6) is 0.0538. The smallest absolute Gasteiger partial charge is 0.342 e. The molecular weight excluding hydrogens is 326 g/mol. The molecule has 0 saturated carbocycles. The van der Waals surface area contributed by atoms with Gasteiger partial charge in [-0.3, -0.25) is 0 Å². The van der Waals surface area contributed by atoms with Crippen molar-refractivity contribution >= 4 is 27.7 Å². The van der Waals surface area contributed by atoms with Crippen molar-refractivity contribution in [3.05, 3.63) is 72.0 Å². The molecular formula is C22H19NO3. The van der Waals surface area contributed by atoms with Crippen LogP contribution in [0.25, 0.3) is 32.9 Å². The Hall–Kier alpha value is -3.11. The average Bonchev–Trinajstić information content (AvgIpc) is 3.05. The van der Waals surface area contributed by atoms with Gasteiger partial charge in [0.2, 0.25) is 0 Å². The Balaban J connectivity index is 1.90. The Kier molecular flexibility index (Phi) is 4.19. The van der Waals surface area contributed by atoms with Crippen molar-refractivity contribution < 1.29 is 13.9 Å². The summed E-state index contributed by atoms with van der Waals surface area (Å²) < 4.78 is 11.0. The van der Waals surface area contributed by atoms with E-state index >= 15 is 0 Å². The number of hydrogen-bond donors (Lipinski definition) is 1. The molecule has 4 aromatic rings. The highest BCUT2D eigenvalue weighted by atomic mass is 16.5. The SMILES string of the molecule is CCOC(=O)c1c(CN)oc2cc(-c3cccc4ccccc34)ccc12. The lowest BCUT2D eigenvalue weighted by Gasteiger charge is -2.07. The van der Waals surface area contributed by atoms with Crippen LogP contribution in [0, 0.1) is 0 Å². The summed E-state index contributed by atoms with van der Waals surface area (Å²) >= 11 is 0. The first-order chi connectivity index (χ1) is 12.7. The van der Waals surface area contributed by atoms with Gasteiger partial charge in [-0.2, -0.15) is 0 Å². The molecule has 0 spiro atoms. The molecule has 0 amide bonds. The monoisotopic (exact) mass is 345 g/mol. The van der Waals surface area contributed by atoms with E-state index in [2.05, 4.69) is 24.3 Å². The van der Waals surface area contributed by atoms with Gasteiger partial charge in [0.1, 0.15) is 16.9 Å². The predicted molar refractivity (Wildman–Crippen MR) is 103 cm³/mol. The third-order valence-electron chi connectivity index (χ3n) is 4.53. The van der Waals surface area contributed by atoms with Crippen molar-refractivity contribution in [3.8, 4) is 11.1 Å². The minimum Gasteiger partial charge on any atom is -0.462 e. The van der Waals surface area contributed by atoms with E-state index in [9.17, 15) is 4.79 Å². The van der Waals surface area contributed by atoms with Gasteiger partial charge in [0.05, 0.1) is 13.2 Å². The number of fused-ring (bicyclic) bond motifs is 2. The van der Waals surface area contributed by atoms with Gasteiger partial charge in [-0.05, 0) is 41.0 Å². The zero-order chi connectivity index (χ0) is 18.1. The first-order valence-electron chi connectivity index (χ1n) is 8.63. The molecule has 0 aliphatic carbocycles. The quantitative estimate of drug-likeness (QED) is 0.535. The molecule has 4 nitrogen and oxygen atoms in total. The summed E-state index contributed by atoms with van der Waals surface area (Å²) in [5.41, 5.74) is 8.98. The number of furan rings is 1. The second kappa shape index (κ2) is 6.65. The van der Waals surface area contributed by atoms with Crippen molar-refractivity contribution in [3.63, 3.8) is 0 Å². The zero-order valence-electron chi connectivity index (χ0n) is 14.5. The fourth-order valence-electron chi connectivity index (χ4n) is 3.36. The molecule has 3 aromatic carbocycles. The molecule has 1 heterocycles. The molecule has 0 aliphatic rings. The molecule has 0 radical (unpaired) electrons. The van der Waals surface area contributed by atoms with Crippen LogP contribution in [0.5, 0.6) is 0 Å². The van der Waals surface area contributed by atoms with E-state index in [-0.39, 0.29) is 6.54 Å². The lowest BCUT2D eigenvalue weighted by Crippen LogP contribution is -2.08. The van der Waals surface area contributed by atoms with E-state index in [1.807, 2.05) is 36.4 Å². The Morgan fingerprint density at radius 3 is 2.65 bits per heavy atom. The molecule has 0 atom stereocenters. The molecule has 1 aromatic heterocycles. The summed E-state index contributed by atoms with van der Waals surface area (Å²) in [6.07, 6.45) is 0. The zero-order valence-corrected chi connectivity index (χ0v) is 14.5. The van der Waals surface area contributed by atoms with E-state index in [0.717, 1.165) is 16.5 Å². The number of carbonyl (C=O) groups excluding carboxylic acids is 1. The summed E-state index contributed by atoms with van der Waals surface area (Å²) in [7, 11) is 0. The molecule has 0 unspecified atom stereocenters. The first-order valence-corrected chi connectivity index (χ1v) is 8.63. The Morgan fingerprint density at radius 2 is 1.85 bits per heavy atom. The lowest BCUT2D eigenvalue weighted by molar-refractivity contribution is 0.0526. The molecule has 2 N–H and O–H groups in total. The lowest BCUT2D eigenvalue weighted by atomic mass is 9.97. The maximum absolute atomic E-state index is 12.3. The topological polar surface area (TPSA) is 65.5 Å². The molecule has 26 heavy (non-hydrogen) atoms. The number of rotatable bonds is 4. The molecule has 4 heteroatoms. The number of nitrogens with two attached hydrogens (primary N) is 1. The predicted octanol–water partition coefficient (Wildman–Crippen LogP) is 4.89. The number of esters is 1. The number of hydrogen-bond acceptors (Lipinski definition) is 4. The molecule has 0 bridgehead atoms. The third-order valence-corrected chi connectivity index (χ3v) is 4.53. The van der Waals surface area contributed by atoms with E-state index in [0.29, 0.717) is 23.5 Å². The first kappa shape index (κ1) is 16.4. The van der Waals surface area contributed by atoms with Crippen LogP contribution in [0.15, 0.2) is 65.1 Å². The third kappa shape index (κ3) is 2.65. The Morgan fingerprint density at radius 1 is 1.04 bits per heavy atom. The normalized spacial score (nSPS) is 11.2. The fraction of sp³-hybridized carbons (Fsp3) is 0.136. The van der Waals surface area contributed by atoms with Crippen LogP contribution in [0.1, 0.15) is 23.0 Å². The summed E-state index contributed by atoms with van der Waals surface area (Å²) in [4.78, 5) is 12.3. The van der Waals surface area contributed by atoms with Crippen molar-refractivity contribution in [2.75, 3.05) is 6.61 Å². The minimum absolute atomic E-state index is 0.145. The van der Waals surface area contributed by atoms with E-state index < -0.39 is 5.97 Å². The standard InChI is InChI=1S/C22H19NO3/c1-2-25-22(24)21-18-11-10-15(12-19(18)26-20(21)13-23)17-9-5-7-14-6-3-4-8-16(14)17/h3-12H,2,13,23H2,1H3. The van der Waals surface area contributed by atoms with Gasteiger partial charge in [-0.15, -0.1) is 0 Å². The number of carbonyl (C=O) groups is 1. The highest BCUT2D eigenvalue weighted by Gasteiger charge is 2.21. The van der Waals surface area contributed by atoms with Gasteiger partial charge in [0.25, 0.3) is 0 Å². The van der Waals surface area contributed by atoms with Gasteiger partial charge in [-0.1, -0.05) is 48.5 Å². The van der Waals surface area contributed by atoms with Crippen LogP contribution in [-0.2, 0) is 11.3 Å². The maximum atomic E-state index is 12.3. The van der Waals surface area contributed by atoms with Crippen LogP contribution in [0.3, 0.4) is 0 Å². The summed E-state index contributed by atoms with van der Waals surface area (Å²) in [6.45, 7) is 2.23. The summed E-state index contributed by atoms with van der Waals surface area (Å²) in [6, 6.07) is 20.3. The van der Waals surface area contributed by atoms with Crippen LogP contribution < -0.4 is 5.73 Å². The van der Waals surface area contributed by atoms with Crippen molar-refractivity contribution in [2.24, 2.45) is 5.73 Å². The fourth-order valence-corrected chi connectivity index (χ4v) is 3.36. The van der Waals surface area contributed by atoms with Gasteiger partial charge < -0.3 is 14.9 Å². The van der Waals surface area contributed by atoms with Gasteiger partial charge in [0.15, 0.2) is 0 Å². The summed E-state index contributed by atoms with van der Waals surface area (Å²) in [5, 5.41) is 3.08. The minimum atomic E-state index is -0.399. The second-order valence-electron chi connectivity index (χ2n) is 6.06. The van der Waals surface area contributed by atoms with Gasteiger partial charge in [-0.25, -0.2) is 4.79 Å². The van der Waals surface area contributed by atoms with Crippen LogP contribution in [0.4, 0.5) is 0 Å². The second-order valence-corrected chi connectivity index (χ2v) is 6.06. The molecule has 0 saturated heterocycles. The highest BCUT2D eigenvalue weighted by molar-refractivity contribution is 6.06. The van der Waals surface area contributed by atoms with Crippen LogP contribution >= 0.6 is 0 Å². The average molecular weight is 345 g/mol. The van der Waals surface area contributed by atoms with Gasteiger partial charge in [0, 0.05) is 5.39 Å². The van der Waals surface area contributed by atoms with E-state index in [4.69, 9.17) is 14.9 Å². The number of benzene rings is 3. The molecule has 0 aliphatic heterocycles. The maximum Gasteiger partial charge on any atom is 0.342 e. The Bertz CT molecular complexity index is 1110.